The van der Waals surface area contributed by atoms with Crippen molar-refractivity contribution in [3.8, 4) is 11.5 Å². The second kappa shape index (κ2) is 10.2. The summed E-state index contributed by atoms with van der Waals surface area (Å²) in [5.74, 6) is 1.04. The molecule has 180 valence electrons. The molecule has 0 radical (unpaired) electrons. The summed E-state index contributed by atoms with van der Waals surface area (Å²) in [6.07, 6.45) is 1.32. The van der Waals surface area contributed by atoms with E-state index in [-0.39, 0.29) is 22.7 Å². The number of piperidine rings is 1. The molecule has 0 saturated carbocycles. The van der Waals surface area contributed by atoms with Crippen LogP contribution in [0.3, 0.4) is 0 Å². The van der Waals surface area contributed by atoms with Crippen molar-refractivity contribution in [2.75, 3.05) is 19.7 Å². The van der Waals surface area contributed by atoms with Crippen molar-refractivity contribution in [3.63, 3.8) is 0 Å². The van der Waals surface area contributed by atoms with Crippen LogP contribution in [0.5, 0.6) is 11.5 Å². The summed E-state index contributed by atoms with van der Waals surface area (Å²) >= 11 is 5.91. The van der Waals surface area contributed by atoms with E-state index in [0.29, 0.717) is 36.0 Å². The number of hydrogen-bond donors (Lipinski definition) is 0. The lowest BCUT2D eigenvalue weighted by Crippen LogP contribution is -2.42. The SMILES string of the molecule is Cc1c(OCC2CCN(C(=O)OC(C)(C)C)CC2)cccc1OS(=O)(=O)c1cccc(Cl)c1. The Bertz CT molecular complexity index is 1090. The molecule has 1 heterocycles. The van der Waals surface area contributed by atoms with Gasteiger partial charge in [0.05, 0.1) is 6.61 Å². The van der Waals surface area contributed by atoms with Crippen molar-refractivity contribution >= 4 is 27.8 Å². The molecule has 1 amide bonds. The molecule has 9 heteroatoms. The first-order valence-corrected chi connectivity index (χ1v) is 12.6. The topological polar surface area (TPSA) is 82.1 Å². The molecule has 0 bridgehead atoms. The Morgan fingerprint density at radius 1 is 1.09 bits per heavy atom. The van der Waals surface area contributed by atoms with E-state index in [1.807, 2.05) is 20.8 Å². The summed E-state index contributed by atoms with van der Waals surface area (Å²) in [6.45, 7) is 9.01. The van der Waals surface area contributed by atoms with Crippen LogP contribution < -0.4 is 8.92 Å². The number of nitrogens with zero attached hydrogens (tertiary/aromatic N) is 1. The maximum atomic E-state index is 12.6. The van der Waals surface area contributed by atoms with E-state index in [2.05, 4.69) is 0 Å². The van der Waals surface area contributed by atoms with E-state index in [0.717, 1.165) is 12.8 Å². The van der Waals surface area contributed by atoms with Crippen LogP contribution in [0.4, 0.5) is 4.79 Å². The highest BCUT2D eigenvalue weighted by atomic mass is 35.5. The maximum Gasteiger partial charge on any atom is 0.410 e. The number of carbonyl (C=O) groups is 1. The minimum Gasteiger partial charge on any atom is -0.493 e. The maximum absolute atomic E-state index is 12.6. The van der Waals surface area contributed by atoms with Gasteiger partial charge in [0.25, 0.3) is 0 Å². The summed E-state index contributed by atoms with van der Waals surface area (Å²) < 4.78 is 42.1. The van der Waals surface area contributed by atoms with Gasteiger partial charge in [-0.3, -0.25) is 0 Å². The van der Waals surface area contributed by atoms with E-state index in [9.17, 15) is 13.2 Å². The van der Waals surface area contributed by atoms with E-state index in [1.54, 1.807) is 42.2 Å². The molecule has 2 aromatic carbocycles. The molecule has 1 fully saturated rings. The minimum atomic E-state index is -4.03. The molecule has 0 aliphatic carbocycles. The Kier molecular flexibility index (Phi) is 7.80. The minimum absolute atomic E-state index is 0.0162. The van der Waals surface area contributed by atoms with Crippen molar-refractivity contribution < 1.29 is 26.9 Å². The molecule has 0 spiro atoms. The van der Waals surface area contributed by atoms with Gasteiger partial charge >= 0.3 is 16.2 Å². The zero-order valence-electron chi connectivity index (χ0n) is 19.3. The quantitative estimate of drug-likeness (QED) is 0.496. The van der Waals surface area contributed by atoms with Crippen LogP contribution in [0.1, 0.15) is 39.2 Å². The van der Waals surface area contributed by atoms with Gasteiger partial charge in [-0.05, 0) is 76.8 Å². The predicted octanol–water partition coefficient (Wildman–Crippen LogP) is 5.44. The average molecular weight is 496 g/mol. The number of carbonyl (C=O) groups excluding carboxylic acids is 1. The third-order valence-corrected chi connectivity index (χ3v) is 6.72. The number of hydrogen-bond acceptors (Lipinski definition) is 6. The van der Waals surface area contributed by atoms with Gasteiger partial charge in [-0.25, -0.2) is 4.79 Å². The summed E-state index contributed by atoms with van der Waals surface area (Å²) in [4.78, 5) is 13.9. The number of likely N-dealkylation sites (tertiary alicyclic amines) is 1. The van der Waals surface area contributed by atoms with Crippen LogP contribution in [-0.4, -0.2) is 44.7 Å². The Labute approximate surface area is 200 Å². The van der Waals surface area contributed by atoms with E-state index in [4.69, 9.17) is 25.3 Å². The molecule has 7 nitrogen and oxygen atoms in total. The van der Waals surface area contributed by atoms with Crippen molar-refractivity contribution in [1.82, 2.24) is 4.90 Å². The van der Waals surface area contributed by atoms with Crippen molar-refractivity contribution in [1.29, 1.82) is 0 Å². The normalized spacial score (nSPS) is 15.2. The molecule has 1 aliphatic heterocycles. The Balaban J connectivity index is 1.58. The largest absolute Gasteiger partial charge is 0.493 e. The summed E-state index contributed by atoms with van der Waals surface area (Å²) in [7, 11) is -4.03. The van der Waals surface area contributed by atoms with Crippen molar-refractivity contribution in [2.45, 2.75) is 51.0 Å². The standard InChI is InChI=1S/C24H30ClNO6S/c1-17-21(30-16-18-11-13-26(14-12-18)23(27)31-24(2,3)4)9-6-10-22(17)32-33(28,29)20-8-5-7-19(25)15-20/h5-10,15,18H,11-14,16H2,1-4H3. The predicted molar refractivity (Wildman–Crippen MR) is 126 cm³/mol. The zero-order chi connectivity index (χ0) is 24.2. The molecule has 3 rings (SSSR count). The third kappa shape index (κ3) is 7.01. The monoisotopic (exact) mass is 495 g/mol. The molecule has 0 unspecified atom stereocenters. The van der Waals surface area contributed by atoms with Crippen molar-refractivity contribution in [2.24, 2.45) is 5.92 Å². The lowest BCUT2D eigenvalue weighted by molar-refractivity contribution is 0.0164. The summed E-state index contributed by atoms with van der Waals surface area (Å²) in [5, 5.41) is 0.311. The van der Waals surface area contributed by atoms with Crippen LogP contribution in [0, 0.1) is 12.8 Å². The first-order valence-electron chi connectivity index (χ1n) is 10.8. The van der Waals surface area contributed by atoms with Crippen molar-refractivity contribution in [3.05, 3.63) is 53.1 Å². The average Bonchev–Trinajstić information content (AvgIpc) is 2.73. The number of benzene rings is 2. The highest BCUT2D eigenvalue weighted by Gasteiger charge is 2.27. The van der Waals surface area contributed by atoms with Gasteiger partial charge in [0.1, 0.15) is 22.0 Å². The van der Waals surface area contributed by atoms with Gasteiger partial charge in [0.2, 0.25) is 0 Å². The summed E-state index contributed by atoms with van der Waals surface area (Å²) in [5.41, 5.74) is 0.0799. The Morgan fingerprint density at radius 3 is 2.36 bits per heavy atom. The van der Waals surface area contributed by atoms with Gasteiger partial charge in [0, 0.05) is 23.7 Å². The molecular weight excluding hydrogens is 466 g/mol. The van der Waals surface area contributed by atoms with E-state index >= 15 is 0 Å². The molecule has 1 saturated heterocycles. The molecule has 0 N–H and O–H groups in total. The zero-order valence-corrected chi connectivity index (χ0v) is 20.9. The van der Waals surface area contributed by atoms with E-state index in [1.165, 1.54) is 12.1 Å². The van der Waals surface area contributed by atoms with Crippen LogP contribution >= 0.6 is 11.6 Å². The molecule has 2 aromatic rings. The molecular formula is C24H30ClNO6S. The Hall–Kier alpha value is -2.45. The number of amides is 1. The first kappa shape index (κ1) is 25.2. The fourth-order valence-corrected chi connectivity index (χ4v) is 4.73. The summed E-state index contributed by atoms with van der Waals surface area (Å²) in [6, 6.07) is 11.0. The number of halogens is 1. The highest BCUT2D eigenvalue weighted by molar-refractivity contribution is 7.87. The second-order valence-corrected chi connectivity index (χ2v) is 11.1. The number of ether oxygens (including phenoxy) is 2. The molecule has 33 heavy (non-hydrogen) atoms. The molecule has 1 aliphatic rings. The number of rotatable bonds is 6. The highest BCUT2D eigenvalue weighted by Crippen LogP contribution is 2.31. The first-order chi connectivity index (χ1) is 15.4. The smallest absolute Gasteiger partial charge is 0.410 e. The third-order valence-electron chi connectivity index (χ3n) is 5.26. The molecule has 0 atom stereocenters. The lowest BCUT2D eigenvalue weighted by atomic mass is 9.98. The van der Waals surface area contributed by atoms with Crippen LogP contribution in [-0.2, 0) is 14.9 Å². The van der Waals surface area contributed by atoms with Crippen LogP contribution in [0.15, 0.2) is 47.4 Å². The van der Waals surface area contributed by atoms with Gasteiger partial charge in [-0.15, -0.1) is 0 Å². The van der Waals surface area contributed by atoms with Gasteiger partial charge in [-0.2, -0.15) is 8.42 Å². The van der Waals surface area contributed by atoms with Crippen LogP contribution in [0.25, 0.3) is 0 Å². The fraction of sp³-hybridized carbons (Fsp3) is 0.458. The lowest BCUT2D eigenvalue weighted by Gasteiger charge is -2.33. The Morgan fingerprint density at radius 2 is 1.73 bits per heavy atom. The van der Waals surface area contributed by atoms with E-state index < -0.39 is 15.7 Å². The van der Waals surface area contributed by atoms with Gasteiger partial charge < -0.3 is 18.6 Å². The second-order valence-electron chi connectivity index (χ2n) is 9.10. The van der Waals surface area contributed by atoms with Gasteiger partial charge in [0.15, 0.2) is 0 Å². The van der Waals surface area contributed by atoms with Crippen LogP contribution in [0.2, 0.25) is 5.02 Å². The fourth-order valence-electron chi connectivity index (χ4n) is 3.45. The van der Waals surface area contributed by atoms with Gasteiger partial charge in [-0.1, -0.05) is 23.7 Å². The molecule has 0 aromatic heterocycles.